The van der Waals surface area contributed by atoms with Crippen molar-refractivity contribution in [1.29, 1.82) is 0 Å². The molecule has 0 bridgehead atoms. The van der Waals surface area contributed by atoms with Crippen LogP contribution < -0.4 is 5.32 Å². The first-order valence-electron chi connectivity index (χ1n) is 5.98. The van der Waals surface area contributed by atoms with Gasteiger partial charge in [0.1, 0.15) is 5.76 Å². The van der Waals surface area contributed by atoms with Gasteiger partial charge in [-0.15, -0.1) is 0 Å². The van der Waals surface area contributed by atoms with Gasteiger partial charge in [-0.25, -0.2) is 0 Å². The molecule has 2 rings (SSSR count). The van der Waals surface area contributed by atoms with Crippen LogP contribution in [0.2, 0.25) is 0 Å². The summed E-state index contributed by atoms with van der Waals surface area (Å²) in [4.78, 5) is 0. The van der Waals surface area contributed by atoms with E-state index in [1.165, 1.54) is 24.8 Å². The molecule has 2 nitrogen and oxygen atoms in total. The van der Waals surface area contributed by atoms with Crippen molar-refractivity contribution in [2.75, 3.05) is 0 Å². The van der Waals surface area contributed by atoms with Crippen LogP contribution in [0.5, 0.6) is 0 Å². The second kappa shape index (κ2) is 4.40. The van der Waals surface area contributed by atoms with Gasteiger partial charge in [-0.1, -0.05) is 13.3 Å². The molecule has 1 heterocycles. The maximum atomic E-state index is 5.51. The summed E-state index contributed by atoms with van der Waals surface area (Å²) in [6, 6.07) is 3.04. The molecule has 84 valence electrons. The van der Waals surface area contributed by atoms with Crippen LogP contribution >= 0.6 is 0 Å². The van der Waals surface area contributed by atoms with Crippen molar-refractivity contribution >= 4 is 0 Å². The third kappa shape index (κ3) is 2.25. The Morgan fingerprint density at radius 2 is 2.27 bits per heavy atom. The fourth-order valence-corrected chi connectivity index (χ4v) is 2.62. The van der Waals surface area contributed by atoms with E-state index in [9.17, 15) is 0 Å². The molecule has 1 fully saturated rings. The molecule has 1 aliphatic rings. The van der Waals surface area contributed by atoms with Gasteiger partial charge in [0.2, 0.25) is 0 Å². The molecular formula is C13H21NO. The predicted octanol–water partition coefficient (Wildman–Crippen LogP) is 3.43. The highest BCUT2D eigenvalue weighted by molar-refractivity contribution is 5.17. The van der Waals surface area contributed by atoms with Crippen LogP contribution in [0.1, 0.15) is 50.5 Å². The van der Waals surface area contributed by atoms with Gasteiger partial charge >= 0.3 is 0 Å². The zero-order valence-corrected chi connectivity index (χ0v) is 9.92. The highest BCUT2D eigenvalue weighted by Gasteiger charge is 2.25. The summed E-state index contributed by atoms with van der Waals surface area (Å²) in [5.41, 5.74) is 1.25. The lowest BCUT2D eigenvalue weighted by atomic mass is 10.0. The minimum atomic E-state index is 0.338. The quantitative estimate of drug-likeness (QED) is 0.821. The first-order valence-corrected chi connectivity index (χ1v) is 5.98. The molecule has 1 saturated carbocycles. The van der Waals surface area contributed by atoms with E-state index in [0.717, 1.165) is 11.7 Å². The molecule has 1 aliphatic carbocycles. The maximum Gasteiger partial charge on any atom is 0.123 e. The average molecular weight is 207 g/mol. The number of hydrogen-bond acceptors (Lipinski definition) is 2. The Morgan fingerprint density at radius 3 is 2.80 bits per heavy atom. The van der Waals surface area contributed by atoms with Gasteiger partial charge in [-0.2, -0.15) is 0 Å². The SMILES string of the molecule is Cc1ccoc1C(C)NC1CCCC1C. The minimum Gasteiger partial charge on any atom is -0.467 e. The molecule has 15 heavy (non-hydrogen) atoms. The largest absolute Gasteiger partial charge is 0.467 e. The van der Waals surface area contributed by atoms with Crippen molar-refractivity contribution in [3.8, 4) is 0 Å². The summed E-state index contributed by atoms with van der Waals surface area (Å²) < 4.78 is 5.51. The summed E-state index contributed by atoms with van der Waals surface area (Å²) in [6.45, 7) is 6.64. The molecule has 0 radical (unpaired) electrons. The van der Waals surface area contributed by atoms with Gasteiger partial charge < -0.3 is 9.73 Å². The zero-order valence-electron chi connectivity index (χ0n) is 9.92. The van der Waals surface area contributed by atoms with E-state index >= 15 is 0 Å². The Balaban J connectivity index is 1.97. The van der Waals surface area contributed by atoms with Gasteiger partial charge in [-0.3, -0.25) is 0 Å². The highest BCUT2D eigenvalue weighted by Crippen LogP contribution is 2.28. The van der Waals surface area contributed by atoms with Crippen molar-refractivity contribution in [1.82, 2.24) is 5.32 Å². The number of furan rings is 1. The number of hydrogen-bond donors (Lipinski definition) is 1. The third-order valence-corrected chi connectivity index (χ3v) is 3.62. The Bertz CT molecular complexity index is 318. The fourth-order valence-electron chi connectivity index (χ4n) is 2.62. The first kappa shape index (κ1) is 10.7. The minimum absolute atomic E-state index is 0.338. The van der Waals surface area contributed by atoms with E-state index in [2.05, 4.69) is 26.1 Å². The van der Waals surface area contributed by atoms with E-state index in [-0.39, 0.29) is 0 Å². The molecule has 0 spiro atoms. The Labute approximate surface area is 92.1 Å². The van der Waals surface area contributed by atoms with Gasteiger partial charge in [0.25, 0.3) is 0 Å². The Hall–Kier alpha value is -0.760. The molecule has 0 aliphatic heterocycles. The summed E-state index contributed by atoms with van der Waals surface area (Å²) in [5, 5.41) is 3.68. The van der Waals surface area contributed by atoms with Gasteiger partial charge in [0.15, 0.2) is 0 Å². The average Bonchev–Trinajstić information content (AvgIpc) is 2.76. The van der Waals surface area contributed by atoms with Crippen LogP contribution in [-0.2, 0) is 0 Å². The van der Waals surface area contributed by atoms with E-state index in [1.54, 1.807) is 6.26 Å². The zero-order chi connectivity index (χ0) is 10.8. The van der Waals surface area contributed by atoms with Crippen LogP contribution in [-0.4, -0.2) is 6.04 Å². The lowest BCUT2D eigenvalue weighted by Gasteiger charge is -2.22. The van der Waals surface area contributed by atoms with Crippen molar-refractivity contribution in [3.05, 3.63) is 23.7 Å². The van der Waals surface area contributed by atoms with Crippen LogP contribution in [0, 0.1) is 12.8 Å². The van der Waals surface area contributed by atoms with E-state index in [1.807, 2.05) is 6.07 Å². The topological polar surface area (TPSA) is 25.2 Å². The summed E-state index contributed by atoms with van der Waals surface area (Å²) in [7, 11) is 0. The Kier molecular flexibility index (Phi) is 3.15. The lowest BCUT2D eigenvalue weighted by molar-refractivity contribution is 0.349. The molecule has 0 aromatic carbocycles. The van der Waals surface area contributed by atoms with E-state index in [4.69, 9.17) is 4.42 Å². The molecule has 1 N–H and O–H groups in total. The fraction of sp³-hybridized carbons (Fsp3) is 0.692. The van der Waals surface area contributed by atoms with Gasteiger partial charge in [-0.05, 0) is 44.2 Å². The molecule has 1 aromatic heterocycles. The maximum absolute atomic E-state index is 5.51. The lowest BCUT2D eigenvalue weighted by Crippen LogP contribution is -2.33. The molecular weight excluding hydrogens is 186 g/mol. The second-order valence-electron chi connectivity index (χ2n) is 4.87. The first-order chi connectivity index (χ1) is 7.18. The third-order valence-electron chi connectivity index (χ3n) is 3.62. The van der Waals surface area contributed by atoms with Crippen LogP contribution in [0.15, 0.2) is 16.7 Å². The van der Waals surface area contributed by atoms with Crippen molar-refractivity contribution in [2.24, 2.45) is 5.92 Å². The van der Waals surface area contributed by atoms with Gasteiger partial charge in [0.05, 0.1) is 12.3 Å². The van der Waals surface area contributed by atoms with Crippen molar-refractivity contribution in [3.63, 3.8) is 0 Å². The monoisotopic (exact) mass is 207 g/mol. The molecule has 2 heteroatoms. The van der Waals surface area contributed by atoms with Crippen LogP contribution in [0.4, 0.5) is 0 Å². The smallest absolute Gasteiger partial charge is 0.123 e. The predicted molar refractivity (Wildman–Crippen MR) is 61.8 cm³/mol. The molecule has 3 unspecified atom stereocenters. The molecule has 0 saturated heterocycles. The number of nitrogens with one attached hydrogen (secondary N) is 1. The van der Waals surface area contributed by atoms with Gasteiger partial charge in [0, 0.05) is 6.04 Å². The molecule has 0 amide bonds. The normalized spacial score (nSPS) is 28.2. The molecule has 3 atom stereocenters. The van der Waals surface area contributed by atoms with Crippen molar-refractivity contribution in [2.45, 2.75) is 52.1 Å². The van der Waals surface area contributed by atoms with Crippen molar-refractivity contribution < 1.29 is 4.42 Å². The number of aryl methyl sites for hydroxylation is 1. The summed E-state index contributed by atoms with van der Waals surface area (Å²) >= 11 is 0. The highest BCUT2D eigenvalue weighted by atomic mass is 16.3. The van der Waals surface area contributed by atoms with E-state index < -0.39 is 0 Å². The van der Waals surface area contributed by atoms with Crippen LogP contribution in [0.25, 0.3) is 0 Å². The standard InChI is InChI=1S/C13H21NO/c1-9-5-4-6-12(9)14-11(3)13-10(2)7-8-15-13/h7-9,11-12,14H,4-6H2,1-3H3. The van der Waals surface area contributed by atoms with Crippen LogP contribution in [0.3, 0.4) is 0 Å². The Morgan fingerprint density at radius 1 is 1.47 bits per heavy atom. The van der Waals surface area contributed by atoms with E-state index in [0.29, 0.717) is 12.1 Å². The number of rotatable bonds is 3. The second-order valence-corrected chi connectivity index (χ2v) is 4.87. The molecule has 1 aromatic rings. The summed E-state index contributed by atoms with van der Waals surface area (Å²) in [5.74, 6) is 1.90. The summed E-state index contributed by atoms with van der Waals surface area (Å²) in [6.07, 6.45) is 5.82.